The van der Waals surface area contributed by atoms with Crippen molar-refractivity contribution >= 4 is 23.2 Å². The first-order valence-electron chi connectivity index (χ1n) is 10.1. The van der Waals surface area contributed by atoms with Gasteiger partial charge >= 0.3 is 0 Å². The molecule has 0 radical (unpaired) electrons. The second-order valence-corrected chi connectivity index (χ2v) is 7.38. The number of carbonyl (C=O) groups excluding carboxylic acids is 2. The van der Waals surface area contributed by atoms with Gasteiger partial charge in [-0.15, -0.1) is 0 Å². The highest BCUT2D eigenvalue weighted by molar-refractivity contribution is 5.97. The van der Waals surface area contributed by atoms with Gasteiger partial charge in [0.2, 0.25) is 5.91 Å². The number of para-hydroxylation sites is 1. The van der Waals surface area contributed by atoms with Crippen LogP contribution in [0.3, 0.4) is 0 Å². The first kappa shape index (κ1) is 19.9. The van der Waals surface area contributed by atoms with Crippen molar-refractivity contribution < 1.29 is 9.59 Å². The van der Waals surface area contributed by atoms with Crippen molar-refractivity contribution in [2.45, 2.75) is 26.7 Å². The molecule has 0 spiro atoms. The number of hydrogen-bond acceptors (Lipinski definition) is 3. The number of carbonyl (C=O) groups is 2. The molecule has 28 heavy (non-hydrogen) atoms. The summed E-state index contributed by atoms with van der Waals surface area (Å²) in [6.07, 6.45) is 2.12. The maximum atomic E-state index is 12.8. The lowest BCUT2D eigenvalue weighted by Gasteiger charge is -2.30. The maximum absolute atomic E-state index is 12.8. The van der Waals surface area contributed by atoms with Crippen LogP contribution < -0.4 is 10.2 Å². The van der Waals surface area contributed by atoms with Gasteiger partial charge in [-0.05, 0) is 56.0 Å². The molecule has 5 nitrogen and oxygen atoms in total. The van der Waals surface area contributed by atoms with Gasteiger partial charge in [0.25, 0.3) is 5.91 Å². The Morgan fingerprint density at radius 2 is 1.79 bits per heavy atom. The Morgan fingerprint density at radius 3 is 2.46 bits per heavy atom. The third-order valence-corrected chi connectivity index (χ3v) is 5.31. The summed E-state index contributed by atoms with van der Waals surface area (Å²) in [5, 5.41) is 3.17. The van der Waals surface area contributed by atoms with E-state index in [-0.39, 0.29) is 18.4 Å². The molecule has 0 aromatic heterocycles. The topological polar surface area (TPSA) is 52.7 Å². The van der Waals surface area contributed by atoms with E-state index in [0.717, 1.165) is 37.3 Å². The standard InChI is InChI=1S/C23H29N3O2/c1-3-26(21-10-5-4-6-11-21)22(27)17-24-20-9-7-8-19(16-20)23(28)25-14-12-18(2)13-15-25/h4-11,16,18,24H,3,12-15,17H2,1-2H3. The van der Waals surface area contributed by atoms with Gasteiger partial charge in [-0.3, -0.25) is 9.59 Å². The minimum Gasteiger partial charge on any atom is -0.376 e. The van der Waals surface area contributed by atoms with E-state index >= 15 is 0 Å². The lowest BCUT2D eigenvalue weighted by atomic mass is 9.98. The largest absolute Gasteiger partial charge is 0.376 e. The SMILES string of the molecule is CCN(C(=O)CNc1cccc(C(=O)N2CCC(C)CC2)c1)c1ccccc1. The van der Waals surface area contributed by atoms with Gasteiger partial charge in [0.05, 0.1) is 6.54 Å². The summed E-state index contributed by atoms with van der Waals surface area (Å²) in [7, 11) is 0. The van der Waals surface area contributed by atoms with Crippen molar-refractivity contribution in [2.24, 2.45) is 5.92 Å². The van der Waals surface area contributed by atoms with Crippen LogP contribution in [0, 0.1) is 5.92 Å². The first-order valence-corrected chi connectivity index (χ1v) is 10.1. The zero-order chi connectivity index (χ0) is 19.9. The van der Waals surface area contributed by atoms with Crippen LogP contribution in [-0.4, -0.2) is 42.9 Å². The van der Waals surface area contributed by atoms with Gasteiger partial charge in [0.15, 0.2) is 0 Å². The zero-order valence-electron chi connectivity index (χ0n) is 16.7. The van der Waals surface area contributed by atoms with Gasteiger partial charge in [0, 0.05) is 36.6 Å². The summed E-state index contributed by atoms with van der Waals surface area (Å²) < 4.78 is 0. The van der Waals surface area contributed by atoms with E-state index in [9.17, 15) is 9.59 Å². The van der Waals surface area contributed by atoms with Crippen molar-refractivity contribution in [1.82, 2.24) is 4.90 Å². The molecule has 1 fully saturated rings. The number of nitrogens with zero attached hydrogens (tertiary/aromatic N) is 2. The van der Waals surface area contributed by atoms with Crippen molar-refractivity contribution in [3.05, 3.63) is 60.2 Å². The third-order valence-electron chi connectivity index (χ3n) is 5.31. The average molecular weight is 380 g/mol. The Hall–Kier alpha value is -2.82. The molecule has 3 rings (SSSR count). The number of amides is 2. The number of likely N-dealkylation sites (tertiary alicyclic amines) is 1. The molecule has 2 amide bonds. The molecule has 5 heteroatoms. The van der Waals surface area contributed by atoms with E-state index in [1.54, 1.807) is 4.90 Å². The normalized spacial score (nSPS) is 14.6. The van der Waals surface area contributed by atoms with E-state index in [0.29, 0.717) is 18.0 Å². The van der Waals surface area contributed by atoms with Crippen LogP contribution in [0.25, 0.3) is 0 Å². The Bertz CT molecular complexity index is 799. The predicted molar refractivity (Wildman–Crippen MR) is 114 cm³/mol. The minimum absolute atomic E-state index is 0.00422. The van der Waals surface area contributed by atoms with Crippen LogP contribution in [0.15, 0.2) is 54.6 Å². The van der Waals surface area contributed by atoms with E-state index in [1.165, 1.54) is 0 Å². The molecule has 1 aliphatic heterocycles. The number of piperidine rings is 1. The van der Waals surface area contributed by atoms with Crippen LogP contribution in [0.5, 0.6) is 0 Å². The molecule has 1 aliphatic rings. The fraction of sp³-hybridized carbons (Fsp3) is 0.391. The number of rotatable bonds is 6. The molecule has 1 saturated heterocycles. The molecule has 0 atom stereocenters. The highest BCUT2D eigenvalue weighted by Crippen LogP contribution is 2.20. The monoisotopic (exact) mass is 379 g/mol. The molecule has 148 valence electrons. The van der Waals surface area contributed by atoms with Crippen LogP contribution in [0.4, 0.5) is 11.4 Å². The highest BCUT2D eigenvalue weighted by Gasteiger charge is 2.21. The molecule has 1 N–H and O–H groups in total. The Balaban J connectivity index is 1.61. The Kier molecular flexibility index (Phi) is 6.69. The number of hydrogen-bond donors (Lipinski definition) is 1. The summed E-state index contributed by atoms with van der Waals surface area (Å²) in [6.45, 7) is 6.62. The summed E-state index contributed by atoms with van der Waals surface area (Å²) in [4.78, 5) is 29.1. The van der Waals surface area contributed by atoms with Crippen LogP contribution in [-0.2, 0) is 4.79 Å². The van der Waals surface area contributed by atoms with Crippen molar-refractivity contribution in [2.75, 3.05) is 36.4 Å². The highest BCUT2D eigenvalue weighted by atomic mass is 16.2. The van der Waals surface area contributed by atoms with E-state index in [4.69, 9.17) is 0 Å². The van der Waals surface area contributed by atoms with Gasteiger partial charge in [-0.25, -0.2) is 0 Å². The number of likely N-dealkylation sites (N-methyl/N-ethyl adjacent to an activating group) is 1. The third kappa shape index (κ3) is 4.91. The second kappa shape index (κ2) is 9.40. The summed E-state index contributed by atoms with van der Waals surface area (Å²) in [5.41, 5.74) is 2.34. The molecule has 0 aliphatic carbocycles. The molecule has 2 aromatic rings. The molecular formula is C23H29N3O2. The Morgan fingerprint density at radius 1 is 1.07 bits per heavy atom. The van der Waals surface area contributed by atoms with E-state index < -0.39 is 0 Å². The number of anilines is 2. The summed E-state index contributed by atoms with van der Waals surface area (Å²) in [6, 6.07) is 17.1. The Labute approximate surface area is 167 Å². The van der Waals surface area contributed by atoms with Crippen molar-refractivity contribution in [1.29, 1.82) is 0 Å². The van der Waals surface area contributed by atoms with Gasteiger partial charge in [-0.1, -0.05) is 31.2 Å². The number of nitrogens with one attached hydrogen (secondary N) is 1. The zero-order valence-corrected chi connectivity index (χ0v) is 16.7. The molecule has 0 unspecified atom stereocenters. The van der Waals surface area contributed by atoms with Crippen LogP contribution >= 0.6 is 0 Å². The molecule has 0 saturated carbocycles. The maximum Gasteiger partial charge on any atom is 0.253 e. The quantitative estimate of drug-likeness (QED) is 0.825. The lowest BCUT2D eigenvalue weighted by molar-refractivity contribution is -0.116. The first-order chi connectivity index (χ1) is 13.6. The van der Waals surface area contributed by atoms with Gasteiger partial charge < -0.3 is 15.1 Å². The van der Waals surface area contributed by atoms with Gasteiger partial charge in [0.1, 0.15) is 0 Å². The minimum atomic E-state index is -0.00422. The molecule has 0 bridgehead atoms. The van der Waals surface area contributed by atoms with Gasteiger partial charge in [-0.2, -0.15) is 0 Å². The molecular weight excluding hydrogens is 350 g/mol. The predicted octanol–water partition coefficient (Wildman–Crippen LogP) is 4.02. The molecule has 1 heterocycles. The lowest BCUT2D eigenvalue weighted by Crippen LogP contribution is -2.38. The van der Waals surface area contributed by atoms with Crippen LogP contribution in [0.1, 0.15) is 37.0 Å². The summed E-state index contributed by atoms with van der Waals surface area (Å²) >= 11 is 0. The smallest absolute Gasteiger partial charge is 0.253 e. The fourth-order valence-electron chi connectivity index (χ4n) is 3.54. The van der Waals surface area contributed by atoms with E-state index in [2.05, 4.69) is 12.2 Å². The fourth-order valence-corrected chi connectivity index (χ4v) is 3.54. The second-order valence-electron chi connectivity index (χ2n) is 7.38. The van der Waals surface area contributed by atoms with Crippen molar-refractivity contribution in [3.63, 3.8) is 0 Å². The number of benzene rings is 2. The summed E-state index contributed by atoms with van der Waals surface area (Å²) in [5.74, 6) is 0.756. The van der Waals surface area contributed by atoms with Crippen LogP contribution in [0.2, 0.25) is 0 Å². The van der Waals surface area contributed by atoms with E-state index in [1.807, 2.05) is 66.4 Å². The molecule has 2 aromatic carbocycles. The van der Waals surface area contributed by atoms with Crippen molar-refractivity contribution in [3.8, 4) is 0 Å². The average Bonchev–Trinajstić information content (AvgIpc) is 2.74.